The number of nitrogens with one attached hydrogen (secondary N) is 1. The third-order valence-corrected chi connectivity index (χ3v) is 3.35. The Kier molecular flexibility index (Phi) is 4.88. The number of hydrogen-bond donors (Lipinski definition) is 1. The van der Waals surface area contributed by atoms with E-state index in [1.54, 1.807) is 0 Å². The average Bonchev–Trinajstić information content (AvgIpc) is 2.40. The molecule has 17 heavy (non-hydrogen) atoms. The van der Waals surface area contributed by atoms with Crippen LogP contribution in [0.3, 0.4) is 0 Å². The molecule has 0 radical (unpaired) electrons. The maximum atomic E-state index is 4.29. The van der Waals surface area contributed by atoms with Crippen LogP contribution in [0, 0.1) is 5.92 Å². The number of piperidine rings is 1. The van der Waals surface area contributed by atoms with Gasteiger partial charge in [0.15, 0.2) is 0 Å². The molecule has 1 atom stereocenters. The first-order chi connectivity index (χ1) is 8.38. The fourth-order valence-electron chi connectivity index (χ4n) is 2.36. The first-order valence-electron chi connectivity index (χ1n) is 6.57. The molecule has 0 aliphatic carbocycles. The monoisotopic (exact) mass is 234 g/mol. The van der Waals surface area contributed by atoms with E-state index in [0.717, 1.165) is 37.9 Å². The van der Waals surface area contributed by atoms with E-state index in [-0.39, 0.29) is 0 Å². The van der Waals surface area contributed by atoms with Crippen molar-refractivity contribution < 1.29 is 0 Å². The normalized spacial score (nSPS) is 20.7. The Morgan fingerprint density at radius 2 is 2.24 bits per heavy atom. The Hall–Kier alpha value is -1.00. The standard InChI is InChI=1S/C13H22N4/c1-2-17(10-12-5-3-6-14-9-12)11-13-15-7-4-8-16-13/h4,7-8,12,14H,2-3,5-6,9-11H2,1H3. The Labute approximate surface area is 103 Å². The molecule has 1 fully saturated rings. The molecule has 0 saturated carbocycles. The molecule has 4 heteroatoms. The van der Waals surface area contributed by atoms with Crippen molar-refractivity contribution in [3.05, 3.63) is 24.3 Å². The summed E-state index contributed by atoms with van der Waals surface area (Å²) in [6, 6.07) is 1.87. The van der Waals surface area contributed by atoms with Gasteiger partial charge in [0.05, 0.1) is 6.54 Å². The topological polar surface area (TPSA) is 41.1 Å². The summed E-state index contributed by atoms with van der Waals surface area (Å²) < 4.78 is 0. The molecular formula is C13H22N4. The summed E-state index contributed by atoms with van der Waals surface area (Å²) in [5.74, 6) is 1.71. The second-order valence-electron chi connectivity index (χ2n) is 4.71. The number of rotatable bonds is 5. The molecule has 2 rings (SSSR count). The van der Waals surface area contributed by atoms with Crippen molar-refractivity contribution >= 4 is 0 Å². The molecule has 4 nitrogen and oxygen atoms in total. The lowest BCUT2D eigenvalue weighted by molar-refractivity contribution is 0.205. The summed E-state index contributed by atoms with van der Waals surface area (Å²) in [5.41, 5.74) is 0. The van der Waals surface area contributed by atoms with Crippen LogP contribution < -0.4 is 5.32 Å². The molecule has 1 aromatic heterocycles. The van der Waals surface area contributed by atoms with Crippen LogP contribution in [0.25, 0.3) is 0 Å². The van der Waals surface area contributed by atoms with Gasteiger partial charge in [-0.3, -0.25) is 4.90 Å². The van der Waals surface area contributed by atoms with Crippen molar-refractivity contribution in [1.29, 1.82) is 0 Å². The minimum absolute atomic E-state index is 0.785. The second kappa shape index (κ2) is 6.67. The van der Waals surface area contributed by atoms with Gasteiger partial charge >= 0.3 is 0 Å². The molecule has 1 aromatic rings. The fraction of sp³-hybridized carbons (Fsp3) is 0.692. The summed E-state index contributed by atoms with van der Waals surface area (Å²) in [5, 5.41) is 3.47. The van der Waals surface area contributed by atoms with Gasteiger partial charge in [-0.2, -0.15) is 0 Å². The molecule has 1 N–H and O–H groups in total. The molecule has 0 bridgehead atoms. The molecule has 1 aliphatic rings. The van der Waals surface area contributed by atoms with Crippen LogP contribution in [-0.4, -0.2) is 41.0 Å². The van der Waals surface area contributed by atoms with Crippen LogP contribution in [0.4, 0.5) is 0 Å². The molecule has 1 unspecified atom stereocenters. The molecular weight excluding hydrogens is 212 g/mol. The van der Waals surface area contributed by atoms with Gasteiger partial charge in [-0.25, -0.2) is 9.97 Å². The van der Waals surface area contributed by atoms with E-state index in [2.05, 4.69) is 27.1 Å². The Morgan fingerprint density at radius 1 is 1.41 bits per heavy atom. The van der Waals surface area contributed by atoms with Gasteiger partial charge in [-0.05, 0) is 44.5 Å². The maximum absolute atomic E-state index is 4.29. The minimum atomic E-state index is 0.785. The Balaban J connectivity index is 1.83. The SMILES string of the molecule is CCN(Cc1ncccn1)CC1CCCNC1. The molecule has 0 spiro atoms. The predicted molar refractivity (Wildman–Crippen MR) is 68.6 cm³/mol. The lowest BCUT2D eigenvalue weighted by Crippen LogP contribution is -2.38. The zero-order valence-electron chi connectivity index (χ0n) is 10.6. The molecule has 1 aliphatic heterocycles. The van der Waals surface area contributed by atoms with Crippen LogP contribution in [0.2, 0.25) is 0 Å². The minimum Gasteiger partial charge on any atom is -0.316 e. The highest BCUT2D eigenvalue weighted by atomic mass is 15.1. The van der Waals surface area contributed by atoms with Gasteiger partial charge in [-0.1, -0.05) is 6.92 Å². The molecule has 2 heterocycles. The molecule has 94 valence electrons. The average molecular weight is 234 g/mol. The summed E-state index contributed by atoms with van der Waals surface area (Å²) in [7, 11) is 0. The van der Waals surface area contributed by atoms with Crippen LogP contribution in [0.15, 0.2) is 18.5 Å². The van der Waals surface area contributed by atoms with Crippen molar-refractivity contribution in [1.82, 2.24) is 20.2 Å². The largest absolute Gasteiger partial charge is 0.316 e. The van der Waals surface area contributed by atoms with Crippen LogP contribution in [0.1, 0.15) is 25.6 Å². The van der Waals surface area contributed by atoms with Crippen LogP contribution in [0.5, 0.6) is 0 Å². The first-order valence-corrected chi connectivity index (χ1v) is 6.57. The summed E-state index contributed by atoms with van der Waals surface area (Å²) in [6.45, 7) is 7.64. The fourth-order valence-corrected chi connectivity index (χ4v) is 2.36. The second-order valence-corrected chi connectivity index (χ2v) is 4.71. The van der Waals surface area contributed by atoms with Crippen molar-refractivity contribution in [3.8, 4) is 0 Å². The van der Waals surface area contributed by atoms with E-state index in [1.807, 2.05) is 18.5 Å². The van der Waals surface area contributed by atoms with E-state index in [9.17, 15) is 0 Å². The van der Waals surface area contributed by atoms with Gasteiger partial charge < -0.3 is 5.32 Å². The van der Waals surface area contributed by atoms with Gasteiger partial charge in [0, 0.05) is 18.9 Å². The smallest absolute Gasteiger partial charge is 0.142 e. The highest BCUT2D eigenvalue weighted by Gasteiger charge is 2.16. The van der Waals surface area contributed by atoms with E-state index in [4.69, 9.17) is 0 Å². The zero-order valence-corrected chi connectivity index (χ0v) is 10.6. The van der Waals surface area contributed by atoms with Crippen molar-refractivity contribution in [2.24, 2.45) is 5.92 Å². The molecule has 0 aromatic carbocycles. The van der Waals surface area contributed by atoms with E-state index >= 15 is 0 Å². The van der Waals surface area contributed by atoms with E-state index in [1.165, 1.54) is 19.4 Å². The number of aromatic nitrogens is 2. The van der Waals surface area contributed by atoms with E-state index in [0.29, 0.717) is 0 Å². The van der Waals surface area contributed by atoms with Crippen LogP contribution >= 0.6 is 0 Å². The quantitative estimate of drug-likeness (QED) is 0.833. The zero-order chi connectivity index (χ0) is 11.9. The summed E-state index contributed by atoms with van der Waals surface area (Å²) >= 11 is 0. The Bertz CT molecular complexity index is 308. The highest BCUT2D eigenvalue weighted by Crippen LogP contribution is 2.12. The predicted octanol–water partition coefficient (Wildman–Crippen LogP) is 1.30. The first kappa shape index (κ1) is 12.5. The lowest BCUT2D eigenvalue weighted by Gasteiger charge is -2.28. The summed E-state index contributed by atoms with van der Waals surface area (Å²) in [4.78, 5) is 11.0. The third-order valence-electron chi connectivity index (χ3n) is 3.35. The van der Waals surface area contributed by atoms with Crippen molar-refractivity contribution in [2.45, 2.75) is 26.3 Å². The van der Waals surface area contributed by atoms with Gasteiger partial charge in [0.1, 0.15) is 5.82 Å². The number of nitrogens with zero attached hydrogens (tertiary/aromatic N) is 3. The van der Waals surface area contributed by atoms with Crippen molar-refractivity contribution in [2.75, 3.05) is 26.2 Å². The highest BCUT2D eigenvalue weighted by molar-refractivity contribution is 4.88. The van der Waals surface area contributed by atoms with E-state index < -0.39 is 0 Å². The van der Waals surface area contributed by atoms with Gasteiger partial charge in [-0.15, -0.1) is 0 Å². The lowest BCUT2D eigenvalue weighted by atomic mass is 9.99. The summed E-state index contributed by atoms with van der Waals surface area (Å²) in [6.07, 6.45) is 6.29. The molecule has 0 amide bonds. The number of hydrogen-bond acceptors (Lipinski definition) is 4. The van der Waals surface area contributed by atoms with Gasteiger partial charge in [0.2, 0.25) is 0 Å². The Morgan fingerprint density at radius 3 is 2.88 bits per heavy atom. The van der Waals surface area contributed by atoms with Crippen molar-refractivity contribution in [3.63, 3.8) is 0 Å². The third kappa shape index (κ3) is 4.06. The van der Waals surface area contributed by atoms with Gasteiger partial charge in [0.25, 0.3) is 0 Å². The molecule has 1 saturated heterocycles. The van der Waals surface area contributed by atoms with Crippen LogP contribution in [-0.2, 0) is 6.54 Å². The maximum Gasteiger partial charge on any atom is 0.142 e.